The number of benzene rings is 2. The third kappa shape index (κ3) is 5.18. The van der Waals surface area contributed by atoms with Crippen LogP contribution in [0.25, 0.3) is 0 Å². The van der Waals surface area contributed by atoms with Crippen molar-refractivity contribution in [2.45, 2.75) is 70.3 Å². The first-order valence-electron chi connectivity index (χ1n) is 12.3. The van der Waals surface area contributed by atoms with Crippen LogP contribution >= 0.6 is 0 Å². The molecule has 1 aliphatic carbocycles. The molecule has 1 unspecified atom stereocenters. The Morgan fingerprint density at radius 1 is 1.06 bits per heavy atom. The summed E-state index contributed by atoms with van der Waals surface area (Å²) in [6.45, 7) is 2.76. The smallest absolute Gasteiger partial charge is 0.359 e. The maximum Gasteiger partial charge on any atom is 0.359 e. The second-order valence-electron chi connectivity index (χ2n) is 9.42. The zero-order valence-electron chi connectivity index (χ0n) is 19.5. The van der Waals surface area contributed by atoms with Gasteiger partial charge in [0.2, 0.25) is 0 Å². The molecule has 5 heteroatoms. The van der Waals surface area contributed by atoms with Gasteiger partial charge in [-0.3, -0.25) is 0 Å². The summed E-state index contributed by atoms with van der Waals surface area (Å²) in [6, 6.07) is 17.0. The number of aliphatic hydroxyl groups excluding tert-OH is 1. The van der Waals surface area contributed by atoms with Gasteiger partial charge in [0.25, 0.3) is 0 Å². The van der Waals surface area contributed by atoms with E-state index >= 15 is 0 Å². The van der Waals surface area contributed by atoms with Gasteiger partial charge < -0.3 is 19.8 Å². The number of carbonyl (C=O) groups is 1. The average Bonchev–Trinajstić information content (AvgIpc) is 3.36. The molecule has 2 aromatic rings. The number of aromatic hydroxyl groups is 1. The maximum absolute atomic E-state index is 13.5. The molecule has 176 valence electrons. The Labute approximate surface area is 196 Å². The number of rotatable bonds is 9. The summed E-state index contributed by atoms with van der Waals surface area (Å²) in [5.41, 5.74) is 1.46. The molecule has 1 atom stereocenters. The van der Waals surface area contributed by atoms with E-state index in [1.54, 1.807) is 12.1 Å². The fraction of sp³-hybridized carbons (Fsp3) is 0.464. The molecule has 1 aliphatic heterocycles. The predicted octanol–water partition coefficient (Wildman–Crippen LogP) is 6.28. The van der Waals surface area contributed by atoms with Gasteiger partial charge in [-0.1, -0.05) is 56.5 Å². The highest BCUT2D eigenvalue weighted by molar-refractivity contribution is 5.94. The Hall–Kier alpha value is -2.95. The summed E-state index contributed by atoms with van der Waals surface area (Å²) in [7, 11) is 0. The number of cyclic esters (lactones) is 1. The van der Waals surface area contributed by atoms with Crippen LogP contribution in [0.3, 0.4) is 0 Å². The number of hydrogen-bond acceptors (Lipinski definition) is 5. The van der Waals surface area contributed by atoms with E-state index in [2.05, 4.69) is 6.92 Å². The maximum atomic E-state index is 13.5. The molecule has 0 saturated heterocycles. The van der Waals surface area contributed by atoms with Crippen LogP contribution < -0.4 is 4.90 Å². The molecule has 0 amide bonds. The Bertz CT molecular complexity index is 980. The van der Waals surface area contributed by atoms with Gasteiger partial charge in [-0.2, -0.15) is 0 Å². The van der Waals surface area contributed by atoms with Crippen LogP contribution in [0.15, 0.2) is 66.1 Å². The molecular weight excluding hydrogens is 414 g/mol. The summed E-state index contributed by atoms with van der Waals surface area (Å²) in [4.78, 5) is 15.4. The highest BCUT2D eigenvalue weighted by Gasteiger charge is 2.49. The Morgan fingerprint density at radius 2 is 1.82 bits per heavy atom. The number of phenols is 1. The van der Waals surface area contributed by atoms with Crippen LogP contribution in [0.2, 0.25) is 0 Å². The lowest BCUT2D eigenvalue weighted by atomic mass is 9.77. The first-order valence-corrected chi connectivity index (χ1v) is 12.3. The fourth-order valence-corrected chi connectivity index (χ4v) is 5.41. The minimum Gasteiger partial charge on any atom is -0.510 e. The molecule has 5 nitrogen and oxygen atoms in total. The SMILES string of the molecule is CCCCN(C1=C(O)CC(CCc2cccc(O)c2)(C2CCCC2)OC1=O)c1ccccc1. The monoisotopic (exact) mass is 449 g/mol. The molecule has 2 aromatic carbocycles. The Morgan fingerprint density at radius 3 is 2.48 bits per heavy atom. The summed E-state index contributed by atoms with van der Waals surface area (Å²) in [5.74, 6) is 0.182. The lowest BCUT2D eigenvalue weighted by molar-refractivity contribution is -0.167. The van der Waals surface area contributed by atoms with Crippen LogP contribution in [0.1, 0.15) is 63.9 Å². The van der Waals surface area contributed by atoms with E-state index in [0.717, 1.165) is 49.8 Å². The van der Waals surface area contributed by atoms with Crippen LogP contribution in [0.5, 0.6) is 5.75 Å². The van der Waals surface area contributed by atoms with Crippen molar-refractivity contribution in [3.8, 4) is 5.75 Å². The van der Waals surface area contributed by atoms with E-state index in [0.29, 0.717) is 25.8 Å². The summed E-state index contributed by atoms with van der Waals surface area (Å²) >= 11 is 0. The average molecular weight is 450 g/mol. The van der Waals surface area contributed by atoms with Crippen molar-refractivity contribution in [2.75, 3.05) is 11.4 Å². The van der Waals surface area contributed by atoms with E-state index in [1.165, 1.54) is 0 Å². The van der Waals surface area contributed by atoms with Crippen molar-refractivity contribution in [1.29, 1.82) is 0 Å². The molecular formula is C28H35NO4. The van der Waals surface area contributed by atoms with Crippen LogP contribution in [-0.4, -0.2) is 28.3 Å². The van der Waals surface area contributed by atoms with Crippen LogP contribution in [0, 0.1) is 5.92 Å². The van der Waals surface area contributed by atoms with Crippen molar-refractivity contribution >= 4 is 11.7 Å². The quantitative estimate of drug-likeness (QED) is 0.441. The third-order valence-corrected chi connectivity index (χ3v) is 7.15. The van der Waals surface area contributed by atoms with Crippen LogP contribution in [0.4, 0.5) is 5.69 Å². The normalized spacial score (nSPS) is 21.3. The fourth-order valence-electron chi connectivity index (χ4n) is 5.41. The summed E-state index contributed by atoms with van der Waals surface area (Å²) < 4.78 is 6.31. The number of hydrogen-bond donors (Lipinski definition) is 2. The van der Waals surface area contributed by atoms with Gasteiger partial charge in [-0.15, -0.1) is 0 Å². The molecule has 1 heterocycles. The molecule has 0 spiro atoms. The van der Waals surface area contributed by atoms with Gasteiger partial charge in [0, 0.05) is 18.7 Å². The number of ether oxygens (including phenoxy) is 1. The van der Waals surface area contributed by atoms with Gasteiger partial charge >= 0.3 is 5.97 Å². The molecule has 4 rings (SSSR count). The topological polar surface area (TPSA) is 70.0 Å². The number of carbonyl (C=O) groups excluding carboxylic acids is 1. The largest absolute Gasteiger partial charge is 0.510 e. The Balaban J connectivity index is 1.64. The minimum atomic E-state index is -0.709. The highest BCUT2D eigenvalue weighted by Crippen LogP contribution is 2.46. The highest BCUT2D eigenvalue weighted by atomic mass is 16.6. The van der Waals surface area contributed by atoms with E-state index in [-0.39, 0.29) is 23.1 Å². The molecule has 0 radical (unpaired) electrons. The molecule has 0 aromatic heterocycles. The molecule has 2 N–H and O–H groups in total. The predicted molar refractivity (Wildman–Crippen MR) is 130 cm³/mol. The Kier molecular flexibility index (Phi) is 7.26. The van der Waals surface area contributed by atoms with E-state index in [4.69, 9.17) is 4.74 Å². The van der Waals surface area contributed by atoms with Gasteiger partial charge in [0.1, 0.15) is 17.1 Å². The molecule has 0 bridgehead atoms. The molecule has 33 heavy (non-hydrogen) atoms. The van der Waals surface area contributed by atoms with Gasteiger partial charge in [-0.05, 0) is 67.9 Å². The number of anilines is 1. The first kappa shape index (κ1) is 23.2. The lowest BCUT2D eigenvalue weighted by Gasteiger charge is -2.43. The number of aliphatic hydroxyl groups is 1. The number of esters is 1. The zero-order chi connectivity index (χ0) is 23.3. The van der Waals surface area contributed by atoms with Crippen molar-refractivity contribution in [2.24, 2.45) is 5.92 Å². The lowest BCUT2D eigenvalue weighted by Crippen LogP contribution is -2.48. The number of phenolic OH excluding ortho intramolecular Hbond substituents is 1. The van der Waals surface area contributed by atoms with Crippen molar-refractivity contribution in [3.05, 3.63) is 71.6 Å². The molecule has 1 saturated carbocycles. The van der Waals surface area contributed by atoms with Crippen molar-refractivity contribution in [1.82, 2.24) is 0 Å². The minimum absolute atomic E-state index is 0.133. The first-order chi connectivity index (χ1) is 16.0. The van der Waals surface area contributed by atoms with Crippen molar-refractivity contribution < 1.29 is 19.7 Å². The number of unbranched alkanes of at least 4 members (excludes halogenated alkanes) is 1. The molecule has 2 aliphatic rings. The van der Waals surface area contributed by atoms with E-state index in [9.17, 15) is 15.0 Å². The van der Waals surface area contributed by atoms with Gasteiger partial charge in [0.05, 0.1) is 0 Å². The second-order valence-corrected chi connectivity index (χ2v) is 9.42. The van der Waals surface area contributed by atoms with E-state index < -0.39 is 11.6 Å². The third-order valence-electron chi connectivity index (χ3n) is 7.15. The number of nitrogens with zero attached hydrogens (tertiary/aromatic N) is 1. The summed E-state index contributed by atoms with van der Waals surface area (Å²) in [5, 5.41) is 21.2. The van der Waals surface area contributed by atoms with Crippen LogP contribution in [-0.2, 0) is 16.0 Å². The van der Waals surface area contributed by atoms with Crippen molar-refractivity contribution in [3.63, 3.8) is 0 Å². The van der Waals surface area contributed by atoms with Gasteiger partial charge in [-0.25, -0.2) is 4.79 Å². The van der Waals surface area contributed by atoms with Gasteiger partial charge in [0.15, 0.2) is 5.70 Å². The second kappa shape index (κ2) is 10.3. The number of para-hydroxylation sites is 1. The molecule has 1 fully saturated rings. The number of aryl methyl sites for hydroxylation is 1. The zero-order valence-corrected chi connectivity index (χ0v) is 19.5. The summed E-state index contributed by atoms with van der Waals surface area (Å²) in [6.07, 6.45) is 7.81. The standard InChI is InChI=1S/C28H35NO4/c1-2-3-18-29(23-13-5-4-6-14-23)26-25(31)20-28(33-27(26)32,22-11-7-8-12-22)17-16-21-10-9-15-24(30)19-21/h4-6,9-10,13-15,19,22,30-31H,2-3,7-8,11-12,16-18,20H2,1H3. The van der Waals surface area contributed by atoms with E-state index in [1.807, 2.05) is 47.4 Å².